The van der Waals surface area contributed by atoms with Crippen LogP contribution in [-0.2, 0) is 18.3 Å². The predicted molar refractivity (Wildman–Crippen MR) is 110 cm³/mol. The van der Waals surface area contributed by atoms with E-state index in [1.165, 1.54) is 5.56 Å². The first-order valence-corrected chi connectivity index (χ1v) is 8.40. The number of aromatic nitrogens is 1. The van der Waals surface area contributed by atoms with Crippen LogP contribution in [0.2, 0.25) is 0 Å². The number of nitrogens with zero attached hydrogens (tertiary/aromatic N) is 3. The van der Waals surface area contributed by atoms with Gasteiger partial charge in [-0.1, -0.05) is 0 Å². The third kappa shape index (κ3) is 7.13. The van der Waals surface area contributed by atoms with Gasteiger partial charge in [-0.25, -0.2) is 9.79 Å². The van der Waals surface area contributed by atoms with Crippen molar-refractivity contribution in [3.8, 4) is 0 Å². The Bertz CT molecular complexity index is 588. The lowest BCUT2D eigenvalue weighted by atomic mass is 10.1. The second kappa shape index (κ2) is 9.30. The summed E-state index contributed by atoms with van der Waals surface area (Å²) in [5, 5.41) is 6.60. The van der Waals surface area contributed by atoms with Gasteiger partial charge in [0.25, 0.3) is 0 Å². The first-order valence-electron chi connectivity index (χ1n) is 8.40. The minimum absolute atomic E-state index is 0. The summed E-state index contributed by atoms with van der Waals surface area (Å²) in [6, 6.07) is 2.26. The van der Waals surface area contributed by atoms with Crippen molar-refractivity contribution in [1.29, 1.82) is 0 Å². The Labute approximate surface area is 167 Å². The van der Waals surface area contributed by atoms with E-state index in [9.17, 15) is 4.79 Å². The van der Waals surface area contributed by atoms with Gasteiger partial charge in [-0.2, -0.15) is 0 Å². The molecule has 7 nitrogen and oxygen atoms in total. The molecule has 0 radical (unpaired) electrons. The van der Waals surface area contributed by atoms with Gasteiger partial charge in [0.1, 0.15) is 5.60 Å². The molecule has 1 fully saturated rings. The molecule has 1 aliphatic heterocycles. The molecule has 1 aromatic rings. The lowest BCUT2D eigenvalue weighted by molar-refractivity contribution is 0.00701. The van der Waals surface area contributed by atoms with Gasteiger partial charge in [-0.3, -0.25) is 0 Å². The molecule has 1 amide bonds. The van der Waals surface area contributed by atoms with Crippen LogP contribution in [0.4, 0.5) is 4.79 Å². The summed E-state index contributed by atoms with van der Waals surface area (Å²) in [6.45, 7) is 10.3. The number of nitrogens with one attached hydrogen (secondary N) is 2. The van der Waals surface area contributed by atoms with Crippen LogP contribution in [0.25, 0.3) is 0 Å². The average Bonchev–Trinajstić information content (AvgIpc) is 2.83. The van der Waals surface area contributed by atoms with Crippen LogP contribution in [0.1, 0.15) is 33.3 Å². The first-order chi connectivity index (χ1) is 11.3. The molecule has 142 valence electrons. The molecule has 1 aromatic heterocycles. The van der Waals surface area contributed by atoms with Gasteiger partial charge < -0.3 is 24.8 Å². The topological polar surface area (TPSA) is 70.9 Å². The predicted octanol–water partition coefficient (Wildman–Crippen LogP) is 2.32. The Morgan fingerprint density at radius 1 is 1.40 bits per heavy atom. The van der Waals surface area contributed by atoms with Gasteiger partial charge in [0.15, 0.2) is 5.96 Å². The number of likely N-dealkylation sites (tertiary alicyclic amines) is 1. The van der Waals surface area contributed by atoms with Crippen LogP contribution < -0.4 is 10.6 Å². The van der Waals surface area contributed by atoms with Gasteiger partial charge in [-0.05, 0) is 39.3 Å². The van der Waals surface area contributed by atoms with Crippen molar-refractivity contribution in [2.75, 3.05) is 19.6 Å². The summed E-state index contributed by atoms with van der Waals surface area (Å²) in [5.74, 6) is 0.773. The van der Waals surface area contributed by atoms with E-state index in [0.717, 1.165) is 12.5 Å². The summed E-state index contributed by atoms with van der Waals surface area (Å²) in [4.78, 5) is 18.2. The highest BCUT2D eigenvalue weighted by atomic mass is 127. The summed E-state index contributed by atoms with van der Waals surface area (Å²) in [7, 11) is 2.00. The molecular formula is C17H30IN5O2. The van der Waals surface area contributed by atoms with E-state index in [4.69, 9.17) is 4.74 Å². The number of carbonyl (C=O) groups is 1. The first kappa shape index (κ1) is 21.6. The van der Waals surface area contributed by atoms with Gasteiger partial charge in [0.05, 0.1) is 12.6 Å². The van der Waals surface area contributed by atoms with Gasteiger partial charge in [0, 0.05) is 39.1 Å². The van der Waals surface area contributed by atoms with Crippen molar-refractivity contribution < 1.29 is 9.53 Å². The molecule has 0 bridgehead atoms. The molecule has 1 aliphatic rings. The average molecular weight is 463 g/mol. The van der Waals surface area contributed by atoms with E-state index in [-0.39, 0.29) is 36.1 Å². The fraction of sp³-hybridized carbons (Fsp3) is 0.647. The third-order valence-electron chi connectivity index (χ3n) is 3.53. The van der Waals surface area contributed by atoms with Crippen molar-refractivity contribution in [3.05, 3.63) is 24.0 Å². The quantitative estimate of drug-likeness (QED) is 0.409. The number of ether oxygens (including phenoxy) is 1. The molecule has 8 heteroatoms. The van der Waals surface area contributed by atoms with Crippen LogP contribution in [0, 0.1) is 0 Å². The number of hydrogen-bond acceptors (Lipinski definition) is 3. The number of guanidine groups is 1. The minimum Gasteiger partial charge on any atom is -0.444 e. The summed E-state index contributed by atoms with van der Waals surface area (Å²) >= 11 is 0. The van der Waals surface area contributed by atoms with Crippen LogP contribution >= 0.6 is 24.0 Å². The van der Waals surface area contributed by atoms with Gasteiger partial charge in [-0.15, -0.1) is 24.0 Å². The molecule has 0 atom stereocenters. The Hall–Kier alpha value is -1.45. The van der Waals surface area contributed by atoms with E-state index < -0.39 is 5.60 Å². The highest BCUT2D eigenvalue weighted by molar-refractivity contribution is 14.0. The molecule has 0 aliphatic carbocycles. The largest absolute Gasteiger partial charge is 0.444 e. The summed E-state index contributed by atoms with van der Waals surface area (Å²) < 4.78 is 7.37. The zero-order chi connectivity index (χ0) is 17.7. The van der Waals surface area contributed by atoms with E-state index in [2.05, 4.69) is 27.9 Å². The molecule has 2 rings (SSSR count). The highest BCUT2D eigenvalue weighted by Crippen LogP contribution is 2.15. The number of halogens is 1. The maximum atomic E-state index is 11.9. The number of rotatable bonds is 4. The molecule has 2 N–H and O–H groups in total. The standard InChI is InChI=1S/C17H29N5O2.HI/c1-6-18-15(19-9-13-7-8-21(5)10-13)20-14-11-22(12-14)16(23)24-17(2,3)4;/h7-8,10,14H,6,9,11-12H2,1-5H3,(H2,18,19,20);1H. The van der Waals surface area contributed by atoms with Crippen molar-refractivity contribution in [2.45, 2.75) is 45.9 Å². The second-order valence-electron chi connectivity index (χ2n) is 7.11. The number of aryl methyl sites for hydroxylation is 1. The molecule has 0 aromatic carbocycles. The Morgan fingerprint density at radius 2 is 2.08 bits per heavy atom. The minimum atomic E-state index is -0.457. The molecular weight excluding hydrogens is 433 g/mol. The zero-order valence-corrected chi connectivity index (χ0v) is 18.0. The number of amides is 1. The zero-order valence-electron chi connectivity index (χ0n) is 15.7. The number of carbonyl (C=O) groups excluding carboxylic acids is 1. The van der Waals surface area contributed by atoms with Crippen molar-refractivity contribution in [2.24, 2.45) is 12.0 Å². The van der Waals surface area contributed by atoms with Crippen molar-refractivity contribution in [1.82, 2.24) is 20.1 Å². The smallest absolute Gasteiger partial charge is 0.410 e. The molecule has 2 heterocycles. The van der Waals surface area contributed by atoms with Gasteiger partial charge in [0.2, 0.25) is 0 Å². The lowest BCUT2D eigenvalue weighted by Crippen LogP contribution is -2.63. The second-order valence-corrected chi connectivity index (χ2v) is 7.11. The summed E-state index contributed by atoms with van der Waals surface area (Å²) in [5.41, 5.74) is 0.709. The maximum Gasteiger partial charge on any atom is 0.410 e. The van der Waals surface area contributed by atoms with Crippen LogP contribution in [0.3, 0.4) is 0 Å². The van der Waals surface area contributed by atoms with Crippen LogP contribution in [0.15, 0.2) is 23.5 Å². The van der Waals surface area contributed by atoms with Crippen molar-refractivity contribution in [3.63, 3.8) is 0 Å². The monoisotopic (exact) mass is 463 g/mol. The van der Waals surface area contributed by atoms with Crippen LogP contribution in [0.5, 0.6) is 0 Å². The Balaban J connectivity index is 0.00000312. The van der Waals surface area contributed by atoms with Gasteiger partial charge >= 0.3 is 6.09 Å². The van der Waals surface area contributed by atoms with E-state index in [0.29, 0.717) is 19.6 Å². The fourth-order valence-electron chi connectivity index (χ4n) is 2.38. The fourth-order valence-corrected chi connectivity index (χ4v) is 2.38. The van der Waals surface area contributed by atoms with E-state index >= 15 is 0 Å². The van der Waals surface area contributed by atoms with E-state index in [1.807, 2.05) is 45.5 Å². The van der Waals surface area contributed by atoms with Crippen LogP contribution in [-0.4, -0.2) is 52.8 Å². The number of aliphatic imine (C=N–C) groups is 1. The van der Waals surface area contributed by atoms with Crippen molar-refractivity contribution >= 4 is 36.0 Å². The molecule has 0 saturated carbocycles. The summed E-state index contributed by atoms with van der Waals surface area (Å²) in [6.07, 6.45) is 3.81. The third-order valence-corrected chi connectivity index (χ3v) is 3.53. The lowest BCUT2D eigenvalue weighted by Gasteiger charge is -2.40. The highest BCUT2D eigenvalue weighted by Gasteiger charge is 2.34. The Morgan fingerprint density at radius 3 is 2.60 bits per heavy atom. The Kier molecular flexibility index (Phi) is 8.04. The maximum absolute atomic E-state index is 11.9. The molecule has 25 heavy (non-hydrogen) atoms. The SMILES string of the molecule is CCNC(=NCc1ccn(C)c1)NC1CN(C(=O)OC(C)(C)C)C1.I. The molecule has 1 saturated heterocycles. The molecule has 0 spiro atoms. The number of hydrogen-bond donors (Lipinski definition) is 2. The van der Waals surface area contributed by atoms with E-state index in [1.54, 1.807) is 4.90 Å². The normalized spacial score (nSPS) is 15.2. The molecule has 0 unspecified atom stereocenters.